The predicted octanol–water partition coefficient (Wildman–Crippen LogP) is 0.676. The van der Waals surface area contributed by atoms with E-state index in [1.54, 1.807) is 42.0 Å². The summed E-state index contributed by atoms with van der Waals surface area (Å²) in [7, 11) is 3.74. The number of thioether (sulfide) groups is 1. The molecular weight excluding hydrogens is 250 g/mol. The minimum absolute atomic E-state index is 0.150. The minimum Gasteiger partial charge on any atom is -0.349 e. The highest BCUT2D eigenvalue weighted by Crippen LogP contribution is 2.12. The van der Waals surface area contributed by atoms with Crippen LogP contribution in [0.15, 0.2) is 29.9 Å². The normalized spacial score (nSPS) is 10.6. The molecule has 0 bridgehead atoms. The van der Waals surface area contributed by atoms with Gasteiger partial charge < -0.3 is 14.5 Å². The first-order valence-electron chi connectivity index (χ1n) is 5.54. The second-order valence-electron chi connectivity index (χ2n) is 3.79. The summed E-state index contributed by atoms with van der Waals surface area (Å²) in [5, 5.41) is 3.77. The molecule has 6 nitrogen and oxygen atoms in total. The molecule has 0 spiro atoms. The molecule has 0 aromatic carbocycles. The third kappa shape index (κ3) is 2.92. The molecule has 0 radical (unpaired) electrons. The lowest BCUT2D eigenvalue weighted by Crippen LogP contribution is -2.28. The summed E-state index contributed by atoms with van der Waals surface area (Å²) in [4.78, 5) is 19.9. The number of amides is 1. The zero-order chi connectivity index (χ0) is 13.0. The lowest BCUT2D eigenvalue weighted by molar-refractivity contribution is 0.0943. The number of aryl methyl sites for hydroxylation is 2. The van der Waals surface area contributed by atoms with Crippen molar-refractivity contribution in [2.24, 2.45) is 14.1 Å². The molecule has 0 saturated carbocycles. The molecule has 7 heteroatoms. The number of aromatic nitrogens is 4. The van der Waals surface area contributed by atoms with E-state index in [1.165, 1.54) is 0 Å². The number of nitrogens with one attached hydrogen (secondary N) is 1. The Bertz CT molecular complexity index is 533. The van der Waals surface area contributed by atoms with Gasteiger partial charge in [0.15, 0.2) is 11.0 Å². The lowest BCUT2D eigenvalue weighted by atomic mass is 10.5. The molecule has 0 unspecified atom stereocenters. The summed E-state index contributed by atoms with van der Waals surface area (Å²) in [6, 6.07) is 0. The van der Waals surface area contributed by atoms with E-state index in [4.69, 9.17) is 0 Å². The maximum Gasteiger partial charge on any atom is 0.287 e. The van der Waals surface area contributed by atoms with Crippen molar-refractivity contribution >= 4 is 17.7 Å². The number of hydrogen-bond donors (Lipinski definition) is 1. The highest BCUT2D eigenvalue weighted by Gasteiger charge is 2.09. The Kier molecular flexibility index (Phi) is 4.03. The van der Waals surface area contributed by atoms with E-state index >= 15 is 0 Å². The predicted molar refractivity (Wildman–Crippen MR) is 69.5 cm³/mol. The molecule has 2 aromatic rings. The van der Waals surface area contributed by atoms with E-state index < -0.39 is 0 Å². The zero-order valence-corrected chi connectivity index (χ0v) is 11.1. The van der Waals surface area contributed by atoms with Gasteiger partial charge in [0.25, 0.3) is 5.91 Å². The van der Waals surface area contributed by atoms with E-state index in [2.05, 4.69) is 15.3 Å². The van der Waals surface area contributed by atoms with Crippen LogP contribution < -0.4 is 5.32 Å². The number of rotatable bonds is 5. The van der Waals surface area contributed by atoms with Crippen molar-refractivity contribution in [3.63, 3.8) is 0 Å². The van der Waals surface area contributed by atoms with Crippen molar-refractivity contribution in [3.05, 3.63) is 30.6 Å². The lowest BCUT2D eigenvalue weighted by Gasteiger charge is -2.05. The molecule has 0 aliphatic rings. The van der Waals surface area contributed by atoms with E-state index in [1.807, 2.05) is 17.8 Å². The van der Waals surface area contributed by atoms with E-state index in [0.29, 0.717) is 12.4 Å². The van der Waals surface area contributed by atoms with Crippen LogP contribution in [-0.4, -0.2) is 37.3 Å². The van der Waals surface area contributed by atoms with Crippen molar-refractivity contribution < 1.29 is 4.79 Å². The minimum atomic E-state index is -0.150. The van der Waals surface area contributed by atoms with Crippen molar-refractivity contribution in [3.8, 4) is 0 Å². The highest BCUT2D eigenvalue weighted by atomic mass is 32.2. The van der Waals surface area contributed by atoms with Gasteiger partial charge in [0.1, 0.15) is 0 Å². The van der Waals surface area contributed by atoms with E-state index in [-0.39, 0.29) is 5.91 Å². The summed E-state index contributed by atoms with van der Waals surface area (Å²) < 4.78 is 3.65. The average molecular weight is 265 g/mol. The Morgan fingerprint density at radius 2 is 2.00 bits per heavy atom. The summed E-state index contributed by atoms with van der Waals surface area (Å²) in [5.74, 6) is 1.06. The SMILES string of the molecule is Cn1ccnc1SCCNC(=O)c1nccn1C. The quantitative estimate of drug-likeness (QED) is 0.637. The van der Waals surface area contributed by atoms with Gasteiger partial charge in [0, 0.05) is 51.2 Å². The highest BCUT2D eigenvalue weighted by molar-refractivity contribution is 7.99. The number of carbonyl (C=O) groups is 1. The van der Waals surface area contributed by atoms with Crippen LogP contribution in [0.3, 0.4) is 0 Å². The van der Waals surface area contributed by atoms with Crippen molar-refractivity contribution in [2.75, 3.05) is 12.3 Å². The maximum absolute atomic E-state index is 11.7. The molecule has 0 saturated heterocycles. The third-order valence-corrected chi connectivity index (χ3v) is 3.48. The fourth-order valence-corrected chi connectivity index (χ4v) is 2.25. The smallest absolute Gasteiger partial charge is 0.287 e. The van der Waals surface area contributed by atoms with Gasteiger partial charge in [-0.05, 0) is 0 Å². The second-order valence-corrected chi connectivity index (χ2v) is 4.85. The summed E-state index contributed by atoms with van der Waals surface area (Å²) in [6.07, 6.45) is 7.01. The van der Waals surface area contributed by atoms with Gasteiger partial charge >= 0.3 is 0 Å². The number of carbonyl (C=O) groups excluding carboxylic acids is 1. The standard InChI is InChI=1S/C11H15N5OS/c1-15-6-3-12-9(15)10(17)13-5-8-18-11-14-4-7-16(11)2/h3-4,6-7H,5,8H2,1-2H3,(H,13,17). The fraction of sp³-hybridized carbons (Fsp3) is 0.364. The van der Waals surface area contributed by atoms with Crippen molar-refractivity contribution in [1.29, 1.82) is 0 Å². The summed E-state index contributed by atoms with van der Waals surface area (Å²) in [5.41, 5.74) is 0. The van der Waals surface area contributed by atoms with Gasteiger partial charge in [0.05, 0.1) is 0 Å². The van der Waals surface area contributed by atoms with Crippen LogP contribution in [0.25, 0.3) is 0 Å². The third-order valence-electron chi connectivity index (χ3n) is 2.42. The molecule has 0 atom stereocenters. The molecule has 0 fully saturated rings. The second kappa shape index (κ2) is 5.72. The molecular formula is C11H15N5OS. The van der Waals surface area contributed by atoms with Crippen LogP contribution in [0.5, 0.6) is 0 Å². The molecule has 2 heterocycles. The molecule has 1 amide bonds. The Hall–Kier alpha value is -1.76. The molecule has 2 aromatic heterocycles. The van der Waals surface area contributed by atoms with Crippen molar-refractivity contribution in [1.82, 2.24) is 24.4 Å². The van der Waals surface area contributed by atoms with Gasteiger partial charge in [0.2, 0.25) is 0 Å². The van der Waals surface area contributed by atoms with Crippen LogP contribution >= 0.6 is 11.8 Å². The van der Waals surface area contributed by atoms with E-state index in [0.717, 1.165) is 10.9 Å². The van der Waals surface area contributed by atoms with Gasteiger partial charge in [-0.25, -0.2) is 9.97 Å². The van der Waals surface area contributed by atoms with Crippen molar-refractivity contribution in [2.45, 2.75) is 5.16 Å². The average Bonchev–Trinajstić information content (AvgIpc) is 2.94. The van der Waals surface area contributed by atoms with Crippen LogP contribution in [-0.2, 0) is 14.1 Å². The Balaban J connectivity index is 1.75. The first-order valence-corrected chi connectivity index (χ1v) is 6.52. The van der Waals surface area contributed by atoms with Crippen LogP contribution in [0.4, 0.5) is 0 Å². The van der Waals surface area contributed by atoms with E-state index in [9.17, 15) is 4.79 Å². The number of nitrogens with zero attached hydrogens (tertiary/aromatic N) is 4. The summed E-state index contributed by atoms with van der Waals surface area (Å²) in [6.45, 7) is 0.587. The summed E-state index contributed by atoms with van der Waals surface area (Å²) >= 11 is 1.61. The number of hydrogen-bond acceptors (Lipinski definition) is 4. The van der Waals surface area contributed by atoms with Crippen LogP contribution in [0, 0.1) is 0 Å². The van der Waals surface area contributed by atoms with Crippen LogP contribution in [0.1, 0.15) is 10.6 Å². The maximum atomic E-state index is 11.7. The van der Waals surface area contributed by atoms with Crippen LogP contribution in [0.2, 0.25) is 0 Å². The van der Waals surface area contributed by atoms with Gasteiger partial charge in [-0.1, -0.05) is 11.8 Å². The van der Waals surface area contributed by atoms with Gasteiger partial charge in [-0.2, -0.15) is 0 Å². The topological polar surface area (TPSA) is 64.7 Å². The monoisotopic (exact) mass is 265 g/mol. The van der Waals surface area contributed by atoms with Gasteiger partial charge in [-0.15, -0.1) is 0 Å². The first kappa shape index (κ1) is 12.7. The molecule has 0 aliphatic heterocycles. The Labute approximate surface area is 109 Å². The molecule has 96 valence electrons. The fourth-order valence-electron chi connectivity index (χ4n) is 1.46. The Morgan fingerprint density at radius 1 is 1.28 bits per heavy atom. The zero-order valence-electron chi connectivity index (χ0n) is 10.3. The first-order chi connectivity index (χ1) is 8.68. The van der Waals surface area contributed by atoms with Gasteiger partial charge in [-0.3, -0.25) is 4.79 Å². The molecule has 18 heavy (non-hydrogen) atoms. The Morgan fingerprint density at radius 3 is 2.61 bits per heavy atom. The largest absolute Gasteiger partial charge is 0.349 e. The molecule has 0 aliphatic carbocycles. The number of imidazole rings is 2. The molecule has 2 rings (SSSR count). The molecule has 1 N–H and O–H groups in total.